The van der Waals surface area contributed by atoms with E-state index < -0.39 is 0 Å². The Morgan fingerprint density at radius 2 is 1.81 bits per heavy atom. The molecule has 0 aliphatic heterocycles. The molecule has 0 saturated heterocycles. The standard InChI is InChI=1S/C14H17NO/c1-15(11-16-2)10-13-8-5-7-12-6-3-4-9-14(12)13/h3-9H,10-11H2,1-2H3. The van der Waals surface area contributed by atoms with Crippen LogP contribution in [0.25, 0.3) is 10.8 Å². The van der Waals surface area contributed by atoms with Gasteiger partial charge in [0.2, 0.25) is 0 Å². The fraction of sp³-hybridized carbons (Fsp3) is 0.286. The second-order valence-electron chi connectivity index (χ2n) is 4.07. The zero-order valence-corrected chi connectivity index (χ0v) is 9.81. The number of hydrogen-bond donors (Lipinski definition) is 0. The van der Waals surface area contributed by atoms with Gasteiger partial charge in [-0.2, -0.15) is 0 Å². The molecule has 84 valence electrons. The van der Waals surface area contributed by atoms with Crippen molar-refractivity contribution in [3.63, 3.8) is 0 Å². The third-order valence-electron chi connectivity index (χ3n) is 2.67. The van der Waals surface area contributed by atoms with E-state index in [0.29, 0.717) is 6.73 Å². The number of ether oxygens (including phenoxy) is 1. The van der Waals surface area contributed by atoms with Crippen LogP contribution in [0.4, 0.5) is 0 Å². The predicted octanol–water partition coefficient (Wildman–Crippen LogP) is 2.88. The number of methoxy groups -OCH3 is 1. The minimum absolute atomic E-state index is 0.656. The van der Waals surface area contributed by atoms with Crippen molar-refractivity contribution >= 4 is 10.8 Å². The molecule has 0 saturated carbocycles. The summed E-state index contributed by atoms with van der Waals surface area (Å²) in [5, 5.41) is 2.62. The molecular weight excluding hydrogens is 198 g/mol. The van der Waals surface area contributed by atoms with E-state index >= 15 is 0 Å². The molecule has 0 radical (unpaired) electrons. The molecule has 0 fully saturated rings. The zero-order chi connectivity index (χ0) is 11.4. The Bertz CT molecular complexity index is 462. The maximum atomic E-state index is 5.11. The average molecular weight is 215 g/mol. The van der Waals surface area contributed by atoms with E-state index in [-0.39, 0.29) is 0 Å². The predicted molar refractivity (Wildman–Crippen MR) is 67.3 cm³/mol. The SMILES string of the molecule is COCN(C)Cc1cccc2ccccc12. The number of rotatable bonds is 4. The highest BCUT2D eigenvalue weighted by Crippen LogP contribution is 2.19. The zero-order valence-electron chi connectivity index (χ0n) is 9.81. The number of hydrogen-bond acceptors (Lipinski definition) is 2. The van der Waals surface area contributed by atoms with Crippen LogP contribution < -0.4 is 0 Å². The second-order valence-corrected chi connectivity index (χ2v) is 4.07. The molecular formula is C14H17NO. The lowest BCUT2D eigenvalue weighted by Crippen LogP contribution is -2.20. The lowest BCUT2D eigenvalue weighted by molar-refractivity contribution is 0.0774. The van der Waals surface area contributed by atoms with Crippen LogP contribution >= 0.6 is 0 Å². The molecule has 2 nitrogen and oxygen atoms in total. The van der Waals surface area contributed by atoms with Gasteiger partial charge in [0.15, 0.2) is 0 Å². The average Bonchev–Trinajstić information content (AvgIpc) is 2.30. The third kappa shape index (κ3) is 2.40. The summed E-state index contributed by atoms with van der Waals surface area (Å²) in [4.78, 5) is 2.15. The quantitative estimate of drug-likeness (QED) is 0.727. The summed E-state index contributed by atoms with van der Waals surface area (Å²) >= 11 is 0. The normalized spacial score (nSPS) is 11.2. The van der Waals surface area contributed by atoms with Gasteiger partial charge >= 0.3 is 0 Å². The van der Waals surface area contributed by atoms with Crippen LogP contribution in [0, 0.1) is 0 Å². The Kier molecular flexibility index (Phi) is 3.54. The number of benzene rings is 2. The number of nitrogens with zero attached hydrogens (tertiary/aromatic N) is 1. The highest BCUT2D eigenvalue weighted by Gasteiger charge is 2.03. The van der Waals surface area contributed by atoms with Gasteiger partial charge in [-0.05, 0) is 23.4 Å². The first-order valence-electron chi connectivity index (χ1n) is 5.45. The van der Waals surface area contributed by atoms with Crippen LogP contribution in [0.3, 0.4) is 0 Å². The Hall–Kier alpha value is -1.38. The molecule has 0 N–H and O–H groups in total. The van der Waals surface area contributed by atoms with Gasteiger partial charge in [-0.15, -0.1) is 0 Å². The molecule has 0 amide bonds. The number of fused-ring (bicyclic) bond motifs is 1. The Morgan fingerprint density at radius 3 is 2.62 bits per heavy atom. The van der Waals surface area contributed by atoms with Gasteiger partial charge in [0.05, 0.1) is 6.73 Å². The highest BCUT2D eigenvalue weighted by molar-refractivity contribution is 5.85. The van der Waals surface area contributed by atoms with Crippen molar-refractivity contribution in [1.82, 2.24) is 4.90 Å². The monoisotopic (exact) mass is 215 g/mol. The Labute approximate surface area is 96.4 Å². The minimum atomic E-state index is 0.656. The van der Waals surface area contributed by atoms with Gasteiger partial charge in [-0.3, -0.25) is 4.90 Å². The maximum absolute atomic E-state index is 5.11. The highest BCUT2D eigenvalue weighted by atomic mass is 16.5. The van der Waals surface area contributed by atoms with Gasteiger partial charge in [0, 0.05) is 13.7 Å². The van der Waals surface area contributed by atoms with Crippen LogP contribution in [0.1, 0.15) is 5.56 Å². The van der Waals surface area contributed by atoms with Crippen molar-refractivity contribution < 1.29 is 4.74 Å². The molecule has 2 rings (SSSR count). The van der Waals surface area contributed by atoms with E-state index in [4.69, 9.17) is 4.74 Å². The van der Waals surface area contributed by atoms with Gasteiger partial charge in [-0.1, -0.05) is 42.5 Å². The summed E-state index contributed by atoms with van der Waals surface area (Å²) in [6.07, 6.45) is 0. The van der Waals surface area contributed by atoms with Crippen LogP contribution in [0.15, 0.2) is 42.5 Å². The summed E-state index contributed by atoms with van der Waals surface area (Å²) in [5.41, 5.74) is 1.35. The summed E-state index contributed by atoms with van der Waals surface area (Å²) in [5.74, 6) is 0. The second kappa shape index (κ2) is 5.10. The fourth-order valence-electron chi connectivity index (χ4n) is 1.99. The molecule has 0 bridgehead atoms. The smallest absolute Gasteiger partial charge is 0.0986 e. The van der Waals surface area contributed by atoms with Crippen molar-refractivity contribution in [2.24, 2.45) is 0 Å². The summed E-state index contributed by atoms with van der Waals surface area (Å²) in [7, 11) is 3.78. The molecule has 0 spiro atoms. The summed E-state index contributed by atoms with van der Waals surface area (Å²) in [6, 6.07) is 14.9. The van der Waals surface area contributed by atoms with Crippen LogP contribution in [-0.2, 0) is 11.3 Å². The Morgan fingerprint density at radius 1 is 1.06 bits per heavy atom. The molecule has 0 heterocycles. The lowest BCUT2D eigenvalue weighted by atomic mass is 10.0. The van der Waals surface area contributed by atoms with Crippen molar-refractivity contribution in [2.45, 2.75) is 6.54 Å². The van der Waals surface area contributed by atoms with E-state index in [2.05, 4.69) is 54.4 Å². The Balaban J connectivity index is 2.30. The van der Waals surface area contributed by atoms with E-state index in [1.54, 1.807) is 7.11 Å². The topological polar surface area (TPSA) is 12.5 Å². The van der Waals surface area contributed by atoms with Crippen molar-refractivity contribution in [2.75, 3.05) is 20.9 Å². The molecule has 0 aromatic heterocycles. The first-order valence-corrected chi connectivity index (χ1v) is 5.45. The van der Waals surface area contributed by atoms with E-state index in [1.807, 2.05) is 0 Å². The minimum Gasteiger partial charge on any atom is -0.369 e. The van der Waals surface area contributed by atoms with Crippen molar-refractivity contribution in [3.8, 4) is 0 Å². The van der Waals surface area contributed by atoms with E-state index in [1.165, 1.54) is 16.3 Å². The molecule has 0 aliphatic rings. The van der Waals surface area contributed by atoms with Gasteiger partial charge in [-0.25, -0.2) is 0 Å². The molecule has 2 aromatic rings. The first-order chi connectivity index (χ1) is 7.81. The largest absolute Gasteiger partial charge is 0.369 e. The third-order valence-corrected chi connectivity index (χ3v) is 2.67. The molecule has 16 heavy (non-hydrogen) atoms. The van der Waals surface area contributed by atoms with Gasteiger partial charge in [0.1, 0.15) is 0 Å². The molecule has 0 unspecified atom stereocenters. The van der Waals surface area contributed by atoms with Crippen LogP contribution in [0.5, 0.6) is 0 Å². The van der Waals surface area contributed by atoms with E-state index in [9.17, 15) is 0 Å². The molecule has 0 atom stereocenters. The first kappa shape index (κ1) is 11.1. The molecule has 2 aromatic carbocycles. The lowest BCUT2D eigenvalue weighted by Gasteiger charge is -2.16. The van der Waals surface area contributed by atoms with Crippen molar-refractivity contribution in [3.05, 3.63) is 48.0 Å². The summed E-state index contributed by atoms with van der Waals surface area (Å²) in [6.45, 7) is 1.57. The summed E-state index contributed by atoms with van der Waals surface area (Å²) < 4.78 is 5.11. The molecule has 2 heteroatoms. The maximum Gasteiger partial charge on any atom is 0.0986 e. The van der Waals surface area contributed by atoms with Crippen molar-refractivity contribution in [1.29, 1.82) is 0 Å². The van der Waals surface area contributed by atoms with Crippen LogP contribution in [-0.4, -0.2) is 25.8 Å². The fourth-order valence-corrected chi connectivity index (χ4v) is 1.99. The van der Waals surface area contributed by atoms with Gasteiger partial charge < -0.3 is 4.74 Å². The van der Waals surface area contributed by atoms with Gasteiger partial charge in [0.25, 0.3) is 0 Å². The van der Waals surface area contributed by atoms with E-state index in [0.717, 1.165) is 6.54 Å². The molecule has 0 aliphatic carbocycles. The van der Waals surface area contributed by atoms with Crippen LogP contribution in [0.2, 0.25) is 0 Å².